The van der Waals surface area contributed by atoms with Crippen LogP contribution in [0.15, 0.2) is 10.9 Å². The molecule has 0 radical (unpaired) electrons. The van der Waals surface area contributed by atoms with E-state index in [0.29, 0.717) is 23.6 Å². The zero-order chi connectivity index (χ0) is 12.3. The Morgan fingerprint density at radius 1 is 1.53 bits per heavy atom. The molecule has 1 unspecified atom stereocenters. The van der Waals surface area contributed by atoms with E-state index in [1.54, 1.807) is 6.92 Å². The van der Waals surface area contributed by atoms with Gasteiger partial charge in [0.1, 0.15) is 11.6 Å². The van der Waals surface area contributed by atoms with Crippen LogP contribution in [0.3, 0.4) is 0 Å². The van der Waals surface area contributed by atoms with Crippen LogP contribution < -0.4 is 10.9 Å². The number of ether oxygens (including phenoxy) is 1. The van der Waals surface area contributed by atoms with Crippen LogP contribution in [0, 0.1) is 12.8 Å². The average Bonchev–Trinajstić information content (AvgIpc) is 2.28. The van der Waals surface area contributed by atoms with Gasteiger partial charge < -0.3 is 15.0 Å². The van der Waals surface area contributed by atoms with Gasteiger partial charge in [0, 0.05) is 25.3 Å². The molecule has 17 heavy (non-hydrogen) atoms. The molecule has 0 bridgehead atoms. The van der Waals surface area contributed by atoms with Crippen LogP contribution in [-0.4, -0.2) is 29.2 Å². The number of H-pyrrole nitrogens is 1. The fraction of sp³-hybridized carbons (Fsp3) is 0.667. The summed E-state index contributed by atoms with van der Waals surface area (Å²) in [6, 6.07) is 1.82. The first-order valence-electron chi connectivity index (χ1n) is 6.07. The van der Waals surface area contributed by atoms with E-state index in [1.165, 1.54) is 6.07 Å². The molecule has 2 N–H and O–H groups in total. The summed E-state index contributed by atoms with van der Waals surface area (Å²) in [4.78, 5) is 18.2. The molecule has 5 nitrogen and oxygen atoms in total. The molecule has 1 aromatic heterocycles. The fourth-order valence-corrected chi connectivity index (χ4v) is 2.22. The van der Waals surface area contributed by atoms with E-state index in [2.05, 4.69) is 22.2 Å². The molecule has 94 valence electrons. The summed E-state index contributed by atoms with van der Waals surface area (Å²) in [5, 5.41) is 3.31. The first kappa shape index (κ1) is 12.1. The zero-order valence-corrected chi connectivity index (χ0v) is 10.3. The minimum atomic E-state index is -0.112. The second-order valence-electron chi connectivity index (χ2n) is 4.60. The predicted octanol–water partition coefficient (Wildman–Crippen LogP) is 1.31. The molecule has 0 saturated carbocycles. The molecular formula is C12H19N3O2. The Morgan fingerprint density at radius 2 is 2.24 bits per heavy atom. The molecule has 2 rings (SSSR count). The Hall–Kier alpha value is -1.36. The van der Waals surface area contributed by atoms with Gasteiger partial charge in [0.05, 0.1) is 0 Å². The molecule has 1 fully saturated rings. The minimum absolute atomic E-state index is 0.112. The van der Waals surface area contributed by atoms with Crippen molar-refractivity contribution in [3.8, 4) is 0 Å². The molecule has 0 amide bonds. The summed E-state index contributed by atoms with van der Waals surface area (Å²) in [6.07, 6.45) is 2.13. The number of anilines is 1. The number of aryl methyl sites for hydroxylation is 1. The quantitative estimate of drug-likeness (QED) is 0.831. The van der Waals surface area contributed by atoms with Crippen LogP contribution in [0.4, 0.5) is 5.82 Å². The summed E-state index contributed by atoms with van der Waals surface area (Å²) in [7, 11) is 0. The van der Waals surface area contributed by atoms with Crippen LogP contribution in [0.1, 0.15) is 25.6 Å². The van der Waals surface area contributed by atoms with Crippen molar-refractivity contribution in [3.63, 3.8) is 0 Å². The highest BCUT2D eigenvalue weighted by molar-refractivity contribution is 5.34. The van der Waals surface area contributed by atoms with Crippen molar-refractivity contribution in [1.82, 2.24) is 9.97 Å². The van der Waals surface area contributed by atoms with Crippen molar-refractivity contribution >= 4 is 5.82 Å². The second-order valence-corrected chi connectivity index (χ2v) is 4.60. The average molecular weight is 237 g/mol. The Balaban J connectivity index is 2.01. The fourth-order valence-electron chi connectivity index (χ4n) is 2.22. The molecule has 5 heteroatoms. The maximum absolute atomic E-state index is 11.3. The summed E-state index contributed by atoms with van der Waals surface area (Å²) in [5.41, 5.74) is -0.112. The smallest absolute Gasteiger partial charge is 0.252 e. The van der Waals surface area contributed by atoms with Crippen molar-refractivity contribution < 1.29 is 4.74 Å². The van der Waals surface area contributed by atoms with Crippen LogP contribution in [0.5, 0.6) is 0 Å². The third-order valence-electron chi connectivity index (χ3n) is 3.21. The lowest BCUT2D eigenvalue weighted by atomic mass is 9.93. The summed E-state index contributed by atoms with van der Waals surface area (Å²) in [6.45, 7) is 5.58. The first-order chi connectivity index (χ1) is 8.15. The largest absolute Gasteiger partial charge is 0.381 e. The Kier molecular flexibility index (Phi) is 3.78. The molecule has 1 aromatic rings. The maximum Gasteiger partial charge on any atom is 0.252 e. The van der Waals surface area contributed by atoms with Crippen molar-refractivity contribution in [3.05, 3.63) is 22.2 Å². The van der Waals surface area contributed by atoms with Crippen molar-refractivity contribution in [2.24, 2.45) is 5.92 Å². The van der Waals surface area contributed by atoms with Gasteiger partial charge in [0.2, 0.25) is 0 Å². The van der Waals surface area contributed by atoms with Gasteiger partial charge in [-0.3, -0.25) is 4.79 Å². The zero-order valence-electron chi connectivity index (χ0n) is 10.3. The van der Waals surface area contributed by atoms with Gasteiger partial charge >= 0.3 is 0 Å². The lowest BCUT2D eigenvalue weighted by Crippen LogP contribution is -2.31. The van der Waals surface area contributed by atoms with Gasteiger partial charge in [0.25, 0.3) is 5.56 Å². The minimum Gasteiger partial charge on any atom is -0.381 e. The lowest BCUT2D eigenvalue weighted by molar-refractivity contribution is 0.0622. The number of nitrogens with one attached hydrogen (secondary N) is 2. The van der Waals surface area contributed by atoms with Crippen LogP contribution in [0.2, 0.25) is 0 Å². The highest BCUT2D eigenvalue weighted by atomic mass is 16.5. The van der Waals surface area contributed by atoms with Crippen molar-refractivity contribution in [1.29, 1.82) is 0 Å². The van der Waals surface area contributed by atoms with Gasteiger partial charge in [-0.1, -0.05) is 0 Å². The van der Waals surface area contributed by atoms with Crippen LogP contribution >= 0.6 is 0 Å². The van der Waals surface area contributed by atoms with Gasteiger partial charge in [-0.2, -0.15) is 0 Å². The highest BCUT2D eigenvalue weighted by Gasteiger charge is 2.20. The number of rotatable bonds is 3. The number of nitrogens with zero attached hydrogens (tertiary/aromatic N) is 1. The van der Waals surface area contributed by atoms with Gasteiger partial charge in [0.15, 0.2) is 0 Å². The summed E-state index contributed by atoms with van der Waals surface area (Å²) >= 11 is 0. The van der Waals surface area contributed by atoms with Gasteiger partial charge in [-0.05, 0) is 32.6 Å². The number of aromatic nitrogens is 2. The van der Waals surface area contributed by atoms with E-state index in [4.69, 9.17) is 4.74 Å². The molecular weight excluding hydrogens is 218 g/mol. The molecule has 0 spiro atoms. The Bertz CT molecular complexity index is 424. The van der Waals surface area contributed by atoms with E-state index in [1.807, 2.05) is 0 Å². The van der Waals surface area contributed by atoms with Crippen molar-refractivity contribution in [2.45, 2.75) is 32.7 Å². The SMILES string of the molecule is Cc1nc(NC(C)C2CCOCC2)cc(=O)[nH]1. The number of hydrogen-bond acceptors (Lipinski definition) is 4. The second kappa shape index (κ2) is 5.31. The van der Waals surface area contributed by atoms with E-state index in [-0.39, 0.29) is 5.56 Å². The standard InChI is InChI=1S/C12H19N3O2/c1-8(10-3-5-17-6-4-10)13-11-7-12(16)15-9(2)14-11/h7-8,10H,3-6H2,1-2H3,(H2,13,14,15,16). The predicted molar refractivity (Wildman–Crippen MR) is 66.2 cm³/mol. The topological polar surface area (TPSA) is 67.0 Å². The highest BCUT2D eigenvalue weighted by Crippen LogP contribution is 2.20. The molecule has 1 aliphatic rings. The van der Waals surface area contributed by atoms with E-state index in [0.717, 1.165) is 26.1 Å². The van der Waals surface area contributed by atoms with E-state index < -0.39 is 0 Å². The number of aromatic amines is 1. The lowest BCUT2D eigenvalue weighted by Gasteiger charge is -2.28. The Labute approximate surface area is 101 Å². The number of hydrogen-bond donors (Lipinski definition) is 2. The first-order valence-corrected chi connectivity index (χ1v) is 6.07. The third kappa shape index (κ3) is 3.30. The van der Waals surface area contributed by atoms with Gasteiger partial charge in [-0.25, -0.2) is 4.98 Å². The maximum atomic E-state index is 11.3. The molecule has 1 aliphatic heterocycles. The summed E-state index contributed by atoms with van der Waals surface area (Å²) < 4.78 is 5.34. The molecule has 2 heterocycles. The van der Waals surface area contributed by atoms with E-state index >= 15 is 0 Å². The molecule has 0 aromatic carbocycles. The summed E-state index contributed by atoms with van der Waals surface area (Å²) in [5.74, 6) is 1.88. The van der Waals surface area contributed by atoms with Crippen LogP contribution in [0.25, 0.3) is 0 Å². The van der Waals surface area contributed by atoms with Gasteiger partial charge in [-0.15, -0.1) is 0 Å². The monoisotopic (exact) mass is 237 g/mol. The molecule has 1 saturated heterocycles. The molecule has 1 atom stereocenters. The third-order valence-corrected chi connectivity index (χ3v) is 3.21. The normalized spacial score (nSPS) is 18.9. The van der Waals surface area contributed by atoms with Crippen molar-refractivity contribution in [2.75, 3.05) is 18.5 Å². The molecule has 0 aliphatic carbocycles. The van der Waals surface area contributed by atoms with E-state index in [9.17, 15) is 4.79 Å². The Morgan fingerprint density at radius 3 is 2.88 bits per heavy atom. The van der Waals surface area contributed by atoms with Crippen LogP contribution in [-0.2, 0) is 4.74 Å².